The van der Waals surface area contributed by atoms with Crippen molar-refractivity contribution in [2.75, 3.05) is 0 Å². The number of carbonyl (C=O) groups is 3. The van der Waals surface area contributed by atoms with Gasteiger partial charge in [0.25, 0.3) is 0 Å². The van der Waals surface area contributed by atoms with Gasteiger partial charge in [0.05, 0.1) is 5.56 Å². The number of carbonyl (C=O) groups excluding carboxylic acids is 2. The largest absolute Gasteiger partial charge is 0.478 e. The number of aromatic nitrogens is 1. The molecule has 1 aromatic heterocycles. The van der Waals surface area contributed by atoms with Gasteiger partial charge >= 0.3 is 5.97 Å². The van der Waals surface area contributed by atoms with E-state index in [1.54, 1.807) is 54.6 Å². The van der Waals surface area contributed by atoms with Crippen LogP contribution in [0.5, 0.6) is 0 Å². The van der Waals surface area contributed by atoms with Crippen molar-refractivity contribution in [3.63, 3.8) is 0 Å². The van der Waals surface area contributed by atoms with Crippen molar-refractivity contribution in [3.05, 3.63) is 102 Å². The predicted molar refractivity (Wildman–Crippen MR) is 92.7 cm³/mol. The number of hydrogen-bond acceptors (Lipinski definition) is 4. The zero-order chi connectivity index (χ0) is 18.1. The molecule has 0 saturated carbocycles. The maximum atomic E-state index is 11.8. The van der Waals surface area contributed by atoms with Crippen LogP contribution in [0.25, 0.3) is 0 Å². The standard InChI is InChI=1S/C14H10O2.C6H5NO2/c15-13(11-7-3-1-4-8-11)14(16)12-9-5-2-6-10-12;8-6(9)5-2-1-3-7-4-5/h1-10H;1-4H,(H,8,9). The number of ketones is 2. The van der Waals surface area contributed by atoms with Crippen molar-refractivity contribution >= 4 is 17.5 Å². The molecule has 2 aromatic carbocycles. The van der Waals surface area contributed by atoms with E-state index in [2.05, 4.69) is 4.98 Å². The molecule has 3 rings (SSSR count). The molecule has 5 heteroatoms. The maximum Gasteiger partial charge on any atom is 0.337 e. The first-order valence-corrected chi connectivity index (χ1v) is 7.42. The fourth-order valence-electron chi connectivity index (χ4n) is 1.93. The van der Waals surface area contributed by atoms with Gasteiger partial charge in [-0.05, 0) is 12.1 Å². The minimum atomic E-state index is -0.942. The van der Waals surface area contributed by atoms with E-state index in [4.69, 9.17) is 5.11 Å². The Morgan fingerprint density at radius 1 is 0.640 bits per heavy atom. The Kier molecular flexibility index (Phi) is 6.31. The van der Waals surface area contributed by atoms with E-state index < -0.39 is 17.5 Å². The Hall–Kier alpha value is -3.60. The third-order valence-electron chi connectivity index (χ3n) is 3.19. The number of hydrogen-bond donors (Lipinski definition) is 1. The van der Waals surface area contributed by atoms with Crippen molar-refractivity contribution in [2.45, 2.75) is 0 Å². The van der Waals surface area contributed by atoms with E-state index in [0.717, 1.165) is 0 Å². The summed E-state index contributed by atoms with van der Waals surface area (Å²) in [7, 11) is 0. The van der Waals surface area contributed by atoms with Gasteiger partial charge < -0.3 is 5.11 Å². The fourth-order valence-corrected chi connectivity index (χ4v) is 1.93. The van der Waals surface area contributed by atoms with Gasteiger partial charge in [-0.1, -0.05) is 60.7 Å². The predicted octanol–water partition coefficient (Wildman–Crippen LogP) is 3.53. The first-order valence-electron chi connectivity index (χ1n) is 7.42. The van der Waals surface area contributed by atoms with Gasteiger partial charge in [0.15, 0.2) is 0 Å². The van der Waals surface area contributed by atoms with E-state index in [1.807, 2.05) is 12.1 Å². The molecule has 0 amide bonds. The average Bonchev–Trinajstić information content (AvgIpc) is 2.69. The maximum absolute atomic E-state index is 11.8. The lowest BCUT2D eigenvalue weighted by Gasteiger charge is -1.99. The summed E-state index contributed by atoms with van der Waals surface area (Å²) in [6, 6.07) is 20.2. The molecule has 0 saturated heterocycles. The molecule has 0 atom stereocenters. The topological polar surface area (TPSA) is 84.3 Å². The molecule has 0 aliphatic heterocycles. The normalized spacial score (nSPS) is 9.44. The van der Waals surface area contributed by atoms with Crippen molar-refractivity contribution in [1.29, 1.82) is 0 Å². The quantitative estimate of drug-likeness (QED) is 0.583. The molecule has 5 nitrogen and oxygen atoms in total. The number of Topliss-reactive ketones (excluding diaryl/α,β-unsaturated/α-hetero) is 2. The molecule has 1 heterocycles. The summed E-state index contributed by atoms with van der Waals surface area (Å²) in [5.41, 5.74) is 1.07. The number of rotatable bonds is 4. The molecule has 0 spiro atoms. The minimum Gasteiger partial charge on any atom is -0.478 e. The Morgan fingerprint density at radius 2 is 1.08 bits per heavy atom. The monoisotopic (exact) mass is 333 g/mol. The van der Waals surface area contributed by atoms with Crippen LogP contribution in [0.4, 0.5) is 0 Å². The van der Waals surface area contributed by atoms with Crippen LogP contribution < -0.4 is 0 Å². The van der Waals surface area contributed by atoms with Gasteiger partial charge in [0.2, 0.25) is 11.6 Å². The molecule has 0 aliphatic rings. The van der Waals surface area contributed by atoms with E-state index in [-0.39, 0.29) is 5.56 Å². The van der Waals surface area contributed by atoms with Crippen LogP contribution in [0, 0.1) is 0 Å². The lowest BCUT2D eigenvalue weighted by atomic mass is 10.0. The van der Waals surface area contributed by atoms with Gasteiger partial charge in [-0.25, -0.2) is 4.79 Å². The second-order valence-corrected chi connectivity index (χ2v) is 4.94. The van der Waals surface area contributed by atoms with Crippen LogP contribution in [0.3, 0.4) is 0 Å². The molecule has 0 unspecified atom stereocenters. The number of pyridine rings is 1. The zero-order valence-corrected chi connectivity index (χ0v) is 13.2. The summed E-state index contributed by atoms with van der Waals surface area (Å²) < 4.78 is 0. The highest BCUT2D eigenvalue weighted by atomic mass is 16.4. The number of aromatic carboxylic acids is 1. The SMILES string of the molecule is O=C(C(=O)c1ccccc1)c1ccccc1.O=C(O)c1cccnc1. The fraction of sp³-hybridized carbons (Fsp3) is 0. The lowest BCUT2D eigenvalue weighted by molar-refractivity contribution is 0.0696. The number of benzene rings is 2. The Morgan fingerprint density at radius 3 is 1.40 bits per heavy atom. The van der Waals surface area contributed by atoms with Crippen LogP contribution >= 0.6 is 0 Å². The van der Waals surface area contributed by atoms with Gasteiger partial charge in [-0.3, -0.25) is 14.6 Å². The molecular weight excluding hydrogens is 318 g/mol. The van der Waals surface area contributed by atoms with Crippen molar-refractivity contribution < 1.29 is 19.5 Å². The average molecular weight is 333 g/mol. The summed E-state index contributed by atoms with van der Waals surface area (Å²) in [5.74, 6) is -1.87. The third-order valence-corrected chi connectivity index (χ3v) is 3.19. The first-order chi connectivity index (χ1) is 12.1. The molecular formula is C20H15NO4. The van der Waals surface area contributed by atoms with Crippen molar-refractivity contribution in [2.24, 2.45) is 0 Å². The Bertz CT molecular complexity index is 797. The van der Waals surface area contributed by atoms with Crippen molar-refractivity contribution in [1.82, 2.24) is 4.98 Å². The second-order valence-electron chi connectivity index (χ2n) is 4.94. The Labute approximate surface area is 144 Å². The molecule has 124 valence electrons. The van der Waals surface area contributed by atoms with Crippen LogP contribution in [-0.4, -0.2) is 27.6 Å². The summed E-state index contributed by atoms with van der Waals surface area (Å²) in [5, 5.41) is 8.34. The molecule has 0 fully saturated rings. The summed E-state index contributed by atoms with van der Waals surface area (Å²) in [4.78, 5) is 37.4. The van der Waals surface area contributed by atoms with Crippen LogP contribution in [-0.2, 0) is 0 Å². The summed E-state index contributed by atoms with van der Waals surface area (Å²) in [6.45, 7) is 0. The Balaban J connectivity index is 0.000000212. The van der Waals surface area contributed by atoms with E-state index >= 15 is 0 Å². The van der Waals surface area contributed by atoms with Gasteiger partial charge in [0.1, 0.15) is 0 Å². The zero-order valence-electron chi connectivity index (χ0n) is 13.2. The third kappa shape index (κ3) is 5.21. The first kappa shape index (κ1) is 17.7. The molecule has 0 bridgehead atoms. The van der Waals surface area contributed by atoms with E-state index in [0.29, 0.717) is 11.1 Å². The van der Waals surface area contributed by atoms with Gasteiger partial charge in [0, 0.05) is 23.5 Å². The van der Waals surface area contributed by atoms with Crippen LogP contribution in [0.2, 0.25) is 0 Å². The number of carboxylic acid groups (broad SMARTS) is 1. The highest BCUT2D eigenvalue weighted by Crippen LogP contribution is 2.07. The number of nitrogens with zero attached hydrogens (tertiary/aromatic N) is 1. The molecule has 0 aliphatic carbocycles. The highest BCUT2D eigenvalue weighted by Gasteiger charge is 2.17. The minimum absolute atomic E-state index is 0.220. The van der Waals surface area contributed by atoms with E-state index in [9.17, 15) is 14.4 Å². The van der Waals surface area contributed by atoms with Crippen molar-refractivity contribution in [3.8, 4) is 0 Å². The lowest BCUT2D eigenvalue weighted by Crippen LogP contribution is -2.14. The molecule has 0 radical (unpaired) electrons. The highest BCUT2D eigenvalue weighted by molar-refractivity contribution is 6.49. The summed E-state index contributed by atoms with van der Waals surface area (Å²) >= 11 is 0. The smallest absolute Gasteiger partial charge is 0.337 e. The van der Waals surface area contributed by atoms with Gasteiger partial charge in [-0.15, -0.1) is 0 Å². The molecule has 1 N–H and O–H groups in total. The van der Waals surface area contributed by atoms with Crippen LogP contribution in [0.1, 0.15) is 31.1 Å². The second kappa shape index (κ2) is 8.88. The van der Waals surface area contributed by atoms with Crippen LogP contribution in [0.15, 0.2) is 85.2 Å². The molecule has 3 aromatic rings. The number of carboxylic acids is 1. The van der Waals surface area contributed by atoms with Gasteiger partial charge in [-0.2, -0.15) is 0 Å². The van der Waals surface area contributed by atoms with E-state index in [1.165, 1.54) is 18.5 Å². The molecule has 25 heavy (non-hydrogen) atoms. The summed E-state index contributed by atoms with van der Waals surface area (Å²) in [6.07, 6.45) is 2.84.